The van der Waals surface area contributed by atoms with Crippen LogP contribution in [0.2, 0.25) is 0 Å². The second kappa shape index (κ2) is 5.76. The molecule has 0 aliphatic heterocycles. The zero-order chi connectivity index (χ0) is 14.8. The lowest BCUT2D eigenvalue weighted by molar-refractivity contribution is 0.0600. The molecular weight excluding hydrogens is 296 g/mol. The van der Waals surface area contributed by atoms with Gasteiger partial charge in [0.2, 0.25) is 9.84 Å². The molecule has 1 aromatic heterocycles. The smallest absolute Gasteiger partial charge is 0.337 e. The van der Waals surface area contributed by atoms with Crippen molar-refractivity contribution in [2.45, 2.75) is 22.4 Å². The van der Waals surface area contributed by atoms with E-state index in [1.165, 1.54) is 42.7 Å². The zero-order valence-electron chi connectivity index (χ0n) is 11.1. The van der Waals surface area contributed by atoms with Crippen LogP contribution in [0, 0.1) is 0 Å². The van der Waals surface area contributed by atoms with Crippen molar-refractivity contribution in [1.82, 2.24) is 0 Å². The number of hydrogen-bond donors (Lipinski definition) is 0. The minimum Gasteiger partial charge on any atom is -0.465 e. The van der Waals surface area contributed by atoms with Crippen molar-refractivity contribution in [3.63, 3.8) is 0 Å². The molecule has 1 aromatic carbocycles. The lowest BCUT2D eigenvalue weighted by Gasteiger charge is -2.03. The SMILES string of the molecule is CCc1ccc(S(=O)(=O)c2ccc(C(=O)OC)cc2)s1. The van der Waals surface area contributed by atoms with E-state index in [0.29, 0.717) is 9.77 Å². The van der Waals surface area contributed by atoms with Gasteiger partial charge in [-0.05, 0) is 42.8 Å². The molecule has 0 aliphatic rings. The standard InChI is InChI=1S/C14H14O4S2/c1-3-11-6-9-13(19-11)20(16,17)12-7-4-10(5-8-12)14(15)18-2/h4-9H,3H2,1-2H3. The summed E-state index contributed by atoms with van der Waals surface area (Å²) in [7, 11) is -2.23. The van der Waals surface area contributed by atoms with Crippen LogP contribution in [-0.4, -0.2) is 21.5 Å². The predicted molar refractivity (Wildman–Crippen MR) is 76.9 cm³/mol. The van der Waals surface area contributed by atoms with Crippen LogP contribution in [-0.2, 0) is 21.0 Å². The zero-order valence-corrected chi connectivity index (χ0v) is 12.8. The normalized spacial score (nSPS) is 11.3. The third kappa shape index (κ3) is 2.76. The van der Waals surface area contributed by atoms with Crippen LogP contribution in [0.15, 0.2) is 45.5 Å². The molecule has 1 heterocycles. The molecule has 4 nitrogen and oxygen atoms in total. The number of carbonyl (C=O) groups is 1. The summed E-state index contributed by atoms with van der Waals surface area (Å²) in [6, 6.07) is 9.19. The Labute approximate surface area is 121 Å². The van der Waals surface area contributed by atoms with E-state index in [-0.39, 0.29) is 4.90 Å². The molecule has 0 amide bonds. The Morgan fingerprint density at radius 2 is 1.80 bits per heavy atom. The van der Waals surface area contributed by atoms with Crippen molar-refractivity contribution >= 4 is 27.1 Å². The molecule has 0 atom stereocenters. The summed E-state index contributed by atoms with van der Waals surface area (Å²) in [4.78, 5) is 12.5. The Morgan fingerprint density at radius 3 is 2.30 bits per heavy atom. The summed E-state index contributed by atoms with van der Waals surface area (Å²) in [5, 5.41) is 0. The molecule has 2 rings (SSSR count). The number of methoxy groups -OCH3 is 1. The third-order valence-electron chi connectivity index (χ3n) is 2.84. The van der Waals surface area contributed by atoms with Crippen molar-refractivity contribution < 1.29 is 17.9 Å². The summed E-state index contributed by atoms with van der Waals surface area (Å²) in [6.07, 6.45) is 0.807. The first-order valence-electron chi connectivity index (χ1n) is 6.01. The van der Waals surface area contributed by atoms with Gasteiger partial charge in [-0.2, -0.15) is 0 Å². The van der Waals surface area contributed by atoms with Gasteiger partial charge >= 0.3 is 5.97 Å². The average Bonchev–Trinajstić information content (AvgIpc) is 2.96. The lowest BCUT2D eigenvalue weighted by Crippen LogP contribution is -2.03. The predicted octanol–water partition coefficient (Wildman–Crippen LogP) is 2.93. The highest BCUT2D eigenvalue weighted by atomic mass is 32.2. The van der Waals surface area contributed by atoms with Gasteiger partial charge in [-0.1, -0.05) is 6.92 Å². The van der Waals surface area contributed by atoms with Crippen molar-refractivity contribution in [2.75, 3.05) is 7.11 Å². The summed E-state index contributed by atoms with van der Waals surface area (Å²) in [5.74, 6) is -0.488. The van der Waals surface area contributed by atoms with Crippen LogP contribution in [0.5, 0.6) is 0 Å². The molecule has 2 aromatic rings. The molecule has 0 aliphatic carbocycles. The highest BCUT2D eigenvalue weighted by Gasteiger charge is 2.20. The fourth-order valence-electron chi connectivity index (χ4n) is 1.70. The van der Waals surface area contributed by atoms with Gasteiger partial charge in [0.25, 0.3) is 0 Å². The second-order valence-electron chi connectivity index (χ2n) is 4.09. The van der Waals surface area contributed by atoms with E-state index in [9.17, 15) is 13.2 Å². The van der Waals surface area contributed by atoms with Crippen LogP contribution >= 0.6 is 11.3 Å². The number of rotatable bonds is 4. The van der Waals surface area contributed by atoms with E-state index in [2.05, 4.69) is 4.74 Å². The van der Waals surface area contributed by atoms with Gasteiger partial charge in [0.1, 0.15) is 4.21 Å². The Kier molecular flexibility index (Phi) is 4.25. The molecule has 0 spiro atoms. The maximum atomic E-state index is 12.4. The Bertz CT molecular complexity index is 712. The largest absolute Gasteiger partial charge is 0.465 e. The maximum Gasteiger partial charge on any atom is 0.337 e. The van der Waals surface area contributed by atoms with Crippen LogP contribution < -0.4 is 0 Å². The van der Waals surface area contributed by atoms with E-state index >= 15 is 0 Å². The third-order valence-corrected chi connectivity index (χ3v) is 6.33. The summed E-state index contributed by atoms with van der Waals surface area (Å²) in [6.45, 7) is 1.98. The number of aryl methyl sites for hydroxylation is 1. The molecule has 0 fully saturated rings. The van der Waals surface area contributed by atoms with Gasteiger partial charge in [0, 0.05) is 4.88 Å². The second-order valence-corrected chi connectivity index (χ2v) is 7.44. The summed E-state index contributed by atoms with van der Waals surface area (Å²) in [5.41, 5.74) is 0.326. The van der Waals surface area contributed by atoms with E-state index in [1.807, 2.05) is 13.0 Å². The van der Waals surface area contributed by atoms with Crippen LogP contribution in [0.3, 0.4) is 0 Å². The molecule has 6 heteroatoms. The summed E-state index contributed by atoms with van der Waals surface area (Å²) < 4.78 is 29.7. The Hall–Kier alpha value is -1.66. The number of esters is 1. The van der Waals surface area contributed by atoms with E-state index < -0.39 is 15.8 Å². The number of sulfone groups is 1. The molecule has 0 N–H and O–H groups in total. The van der Waals surface area contributed by atoms with Gasteiger partial charge in [0.05, 0.1) is 17.6 Å². The van der Waals surface area contributed by atoms with Crippen molar-refractivity contribution in [3.05, 3.63) is 46.8 Å². The molecule has 106 valence electrons. The van der Waals surface area contributed by atoms with Crippen molar-refractivity contribution in [2.24, 2.45) is 0 Å². The highest BCUT2D eigenvalue weighted by molar-refractivity contribution is 7.93. The molecule has 0 saturated carbocycles. The Balaban J connectivity index is 2.37. The van der Waals surface area contributed by atoms with Crippen LogP contribution in [0.1, 0.15) is 22.2 Å². The van der Waals surface area contributed by atoms with Crippen molar-refractivity contribution in [3.8, 4) is 0 Å². The quantitative estimate of drug-likeness (QED) is 0.815. The Morgan fingerprint density at radius 1 is 1.15 bits per heavy atom. The fourth-order valence-corrected chi connectivity index (χ4v) is 4.39. The topological polar surface area (TPSA) is 60.4 Å². The minimum absolute atomic E-state index is 0.176. The van der Waals surface area contributed by atoms with Gasteiger partial charge in [0.15, 0.2) is 0 Å². The molecule has 0 bridgehead atoms. The maximum absolute atomic E-state index is 12.4. The first kappa shape index (κ1) is 14.7. The molecular formula is C14H14O4S2. The van der Waals surface area contributed by atoms with E-state index in [1.54, 1.807) is 6.07 Å². The highest BCUT2D eigenvalue weighted by Crippen LogP contribution is 2.28. The van der Waals surface area contributed by atoms with Crippen LogP contribution in [0.25, 0.3) is 0 Å². The average molecular weight is 310 g/mol. The van der Waals surface area contributed by atoms with Crippen LogP contribution in [0.4, 0.5) is 0 Å². The van der Waals surface area contributed by atoms with Gasteiger partial charge in [-0.25, -0.2) is 13.2 Å². The number of ether oxygens (including phenoxy) is 1. The van der Waals surface area contributed by atoms with Crippen molar-refractivity contribution in [1.29, 1.82) is 0 Å². The first-order chi connectivity index (χ1) is 9.48. The van der Waals surface area contributed by atoms with E-state index in [4.69, 9.17) is 0 Å². The number of thiophene rings is 1. The molecule has 0 saturated heterocycles. The first-order valence-corrected chi connectivity index (χ1v) is 8.31. The molecule has 0 unspecified atom stereocenters. The van der Waals surface area contributed by atoms with Gasteiger partial charge in [-0.3, -0.25) is 0 Å². The molecule has 20 heavy (non-hydrogen) atoms. The number of benzene rings is 1. The summed E-state index contributed by atoms with van der Waals surface area (Å²) >= 11 is 1.27. The van der Waals surface area contributed by atoms with Gasteiger partial charge in [-0.15, -0.1) is 11.3 Å². The number of carbonyl (C=O) groups excluding carboxylic acids is 1. The van der Waals surface area contributed by atoms with E-state index in [0.717, 1.165) is 11.3 Å². The lowest BCUT2D eigenvalue weighted by atomic mass is 10.2. The molecule has 0 radical (unpaired) electrons. The monoisotopic (exact) mass is 310 g/mol. The fraction of sp³-hybridized carbons (Fsp3) is 0.214. The number of hydrogen-bond acceptors (Lipinski definition) is 5. The van der Waals surface area contributed by atoms with Gasteiger partial charge < -0.3 is 4.74 Å². The minimum atomic E-state index is -3.51.